The highest BCUT2D eigenvalue weighted by Crippen LogP contribution is 2.34. The van der Waals surface area contributed by atoms with Crippen LogP contribution in [0, 0.1) is 11.3 Å². The second kappa shape index (κ2) is 7.40. The Morgan fingerprint density at radius 1 is 1.30 bits per heavy atom. The lowest BCUT2D eigenvalue weighted by molar-refractivity contribution is 0.00416. The molecule has 4 nitrogen and oxygen atoms in total. The van der Waals surface area contributed by atoms with Crippen molar-refractivity contribution in [1.29, 1.82) is 5.26 Å². The number of rotatable bonds is 6. The fourth-order valence-electron chi connectivity index (χ4n) is 3.64. The van der Waals surface area contributed by atoms with Crippen molar-refractivity contribution in [3.05, 3.63) is 0 Å². The van der Waals surface area contributed by atoms with Gasteiger partial charge in [0, 0.05) is 25.7 Å². The summed E-state index contributed by atoms with van der Waals surface area (Å²) in [6, 6.07) is 3.13. The molecule has 4 heteroatoms. The second-order valence-electron chi connectivity index (χ2n) is 6.21. The van der Waals surface area contributed by atoms with Crippen LogP contribution in [0.15, 0.2) is 0 Å². The molecule has 20 heavy (non-hydrogen) atoms. The first-order valence-corrected chi connectivity index (χ1v) is 8.25. The lowest BCUT2D eigenvalue weighted by Crippen LogP contribution is -2.46. The average Bonchev–Trinajstić information content (AvgIpc) is 2.91. The van der Waals surface area contributed by atoms with Crippen molar-refractivity contribution in [3.8, 4) is 6.07 Å². The molecule has 0 bridgehead atoms. The Hall–Kier alpha value is -0.630. The number of piperidine rings is 1. The molecule has 0 spiro atoms. The molecule has 2 rings (SSSR count). The predicted octanol–water partition coefficient (Wildman–Crippen LogP) is 2.30. The molecule has 1 aliphatic carbocycles. The highest BCUT2D eigenvalue weighted by molar-refractivity contribution is 5.13. The molecule has 0 aromatic carbocycles. The standard InChI is InChI=1S/C16H29N3O/c1-3-9-18-16(13-17)8-5-14(12-16)19-10-6-15(7-11-19)20-4-2/h14-15,18H,3-12H2,1-2H3. The van der Waals surface area contributed by atoms with Crippen LogP contribution in [-0.2, 0) is 4.74 Å². The van der Waals surface area contributed by atoms with Crippen LogP contribution in [0.2, 0.25) is 0 Å². The van der Waals surface area contributed by atoms with Crippen molar-refractivity contribution in [2.45, 2.75) is 70.1 Å². The fraction of sp³-hybridized carbons (Fsp3) is 0.938. The summed E-state index contributed by atoms with van der Waals surface area (Å²) in [5.41, 5.74) is -0.266. The summed E-state index contributed by atoms with van der Waals surface area (Å²) in [5.74, 6) is 0. The van der Waals surface area contributed by atoms with Gasteiger partial charge in [0.2, 0.25) is 0 Å². The molecule has 2 unspecified atom stereocenters. The summed E-state index contributed by atoms with van der Waals surface area (Å²) >= 11 is 0. The first-order valence-electron chi connectivity index (χ1n) is 8.25. The van der Waals surface area contributed by atoms with Crippen LogP contribution in [-0.4, -0.2) is 48.8 Å². The van der Waals surface area contributed by atoms with Crippen molar-refractivity contribution < 1.29 is 4.74 Å². The summed E-state index contributed by atoms with van der Waals surface area (Å²) < 4.78 is 5.72. The van der Waals surface area contributed by atoms with Gasteiger partial charge in [0.1, 0.15) is 5.54 Å². The second-order valence-corrected chi connectivity index (χ2v) is 6.21. The number of nitrogens with zero attached hydrogens (tertiary/aromatic N) is 2. The van der Waals surface area contributed by atoms with Gasteiger partial charge in [-0.1, -0.05) is 6.92 Å². The van der Waals surface area contributed by atoms with E-state index in [0.717, 1.165) is 64.8 Å². The minimum Gasteiger partial charge on any atom is -0.378 e. The smallest absolute Gasteiger partial charge is 0.108 e. The number of hydrogen-bond donors (Lipinski definition) is 1. The predicted molar refractivity (Wildman–Crippen MR) is 80.5 cm³/mol. The lowest BCUT2D eigenvalue weighted by Gasteiger charge is -2.36. The zero-order chi connectivity index (χ0) is 14.4. The van der Waals surface area contributed by atoms with Gasteiger partial charge in [0.15, 0.2) is 0 Å². The van der Waals surface area contributed by atoms with E-state index >= 15 is 0 Å². The Kier molecular flexibility index (Phi) is 5.83. The van der Waals surface area contributed by atoms with Gasteiger partial charge in [-0.3, -0.25) is 5.32 Å². The van der Waals surface area contributed by atoms with Crippen molar-refractivity contribution in [1.82, 2.24) is 10.2 Å². The van der Waals surface area contributed by atoms with E-state index in [9.17, 15) is 5.26 Å². The maximum atomic E-state index is 9.52. The fourth-order valence-corrected chi connectivity index (χ4v) is 3.64. The van der Waals surface area contributed by atoms with Crippen LogP contribution >= 0.6 is 0 Å². The summed E-state index contributed by atoms with van der Waals surface area (Å²) in [4.78, 5) is 2.59. The van der Waals surface area contributed by atoms with Crippen molar-refractivity contribution in [2.24, 2.45) is 0 Å². The van der Waals surface area contributed by atoms with Gasteiger partial charge in [0.05, 0.1) is 12.2 Å². The monoisotopic (exact) mass is 279 g/mol. The molecule has 114 valence electrons. The molecule has 2 atom stereocenters. The molecule has 0 radical (unpaired) electrons. The van der Waals surface area contributed by atoms with E-state index in [1.54, 1.807) is 0 Å². The molecule has 2 fully saturated rings. The third-order valence-electron chi connectivity index (χ3n) is 4.81. The molecular weight excluding hydrogens is 250 g/mol. The summed E-state index contributed by atoms with van der Waals surface area (Å²) in [7, 11) is 0. The molecule has 0 aromatic heterocycles. The van der Waals surface area contributed by atoms with E-state index in [2.05, 4.69) is 30.1 Å². The SMILES string of the molecule is CCCNC1(C#N)CCC(N2CCC(OCC)CC2)C1. The minimum atomic E-state index is -0.266. The third kappa shape index (κ3) is 3.72. The Balaban J connectivity index is 1.82. The van der Waals surface area contributed by atoms with Crippen molar-refractivity contribution in [3.63, 3.8) is 0 Å². The topological polar surface area (TPSA) is 48.3 Å². The van der Waals surface area contributed by atoms with Crippen LogP contribution in [0.3, 0.4) is 0 Å². The average molecular weight is 279 g/mol. The molecule has 2 aliphatic rings. The number of hydrogen-bond acceptors (Lipinski definition) is 4. The first-order chi connectivity index (χ1) is 9.73. The molecule has 1 saturated carbocycles. The molecule has 1 N–H and O–H groups in total. The lowest BCUT2D eigenvalue weighted by atomic mass is 9.98. The van der Waals surface area contributed by atoms with Gasteiger partial charge in [-0.25, -0.2) is 0 Å². The molecule has 1 aliphatic heterocycles. The van der Waals surface area contributed by atoms with Crippen molar-refractivity contribution in [2.75, 3.05) is 26.2 Å². The Bertz CT molecular complexity index is 333. The van der Waals surface area contributed by atoms with E-state index in [0.29, 0.717) is 12.1 Å². The van der Waals surface area contributed by atoms with Crippen LogP contribution in [0.4, 0.5) is 0 Å². The largest absolute Gasteiger partial charge is 0.378 e. The molecule has 1 heterocycles. The van der Waals surface area contributed by atoms with E-state index in [4.69, 9.17) is 4.74 Å². The Labute approximate surface area is 123 Å². The van der Waals surface area contributed by atoms with Gasteiger partial charge in [-0.15, -0.1) is 0 Å². The molecule has 0 amide bonds. The minimum absolute atomic E-state index is 0.266. The highest BCUT2D eigenvalue weighted by Gasteiger charge is 2.41. The maximum Gasteiger partial charge on any atom is 0.108 e. The van der Waals surface area contributed by atoms with Crippen molar-refractivity contribution >= 4 is 0 Å². The van der Waals surface area contributed by atoms with E-state index in [1.165, 1.54) is 0 Å². The van der Waals surface area contributed by atoms with E-state index < -0.39 is 0 Å². The molecule has 1 saturated heterocycles. The van der Waals surface area contributed by atoms with E-state index in [-0.39, 0.29) is 5.54 Å². The number of ether oxygens (including phenoxy) is 1. The third-order valence-corrected chi connectivity index (χ3v) is 4.81. The number of nitrogens with one attached hydrogen (secondary N) is 1. The normalized spacial score (nSPS) is 32.4. The van der Waals surface area contributed by atoms with Gasteiger partial charge >= 0.3 is 0 Å². The number of nitriles is 1. The zero-order valence-corrected chi connectivity index (χ0v) is 13.0. The maximum absolute atomic E-state index is 9.52. The van der Waals surface area contributed by atoms with Crippen LogP contribution < -0.4 is 5.32 Å². The highest BCUT2D eigenvalue weighted by atomic mass is 16.5. The zero-order valence-electron chi connectivity index (χ0n) is 13.0. The number of likely N-dealkylation sites (tertiary alicyclic amines) is 1. The van der Waals surface area contributed by atoms with Gasteiger partial charge in [-0.05, 0) is 52.0 Å². The molecular formula is C16H29N3O. The Morgan fingerprint density at radius 3 is 2.65 bits per heavy atom. The van der Waals surface area contributed by atoms with Gasteiger partial charge in [0.25, 0.3) is 0 Å². The van der Waals surface area contributed by atoms with Gasteiger partial charge < -0.3 is 9.64 Å². The Morgan fingerprint density at radius 2 is 2.05 bits per heavy atom. The van der Waals surface area contributed by atoms with E-state index in [1.807, 2.05) is 0 Å². The van der Waals surface area contributed by atoms with Crippen LogP contribution in [0.25, 0.3) is 0 Å². The summed E-state index contributed by atoms with van der Waals surface area (Å²) in [6.45, 7) is 8.27. The van der Waals surface area contributed by atoms with Crippen LogP contribution in [0.1, 0.15) is 52.4 Å². The summed E-state index contributed by atoms with van der Waals surface area (Å²) in [5, 5.41) is 13.0. The summed E-state index contributed by atoms with van der Waals surface area (Å²) in [6.07, 6.45) is 6.98. The van der Waals surface area contributed by atoms with Gasteiger partial charge in [-0.2, -0.15) is 5.26 Å². The quantitative estimate of drug-likeness (QED) is 0.810. The molecule has 0 aromatic rings. The van der Waals surface area contributed by atoms with Crippen LogP contribution in [0.5, 0.6) is 0 Å². The first kappa shape index (κ1) is 15.8.